The van der Waals surface area contributed by atoms with Crippen molar-refractivity contribution in [2.24, 2.45) is 0 Å². The van der Waals surface area contributed by atoms with Crippen molar-refractivity contribution in [2.45, 2.75) is 6.92 Å². The molecule has 8 heteroatoms. The van der Waals surface area contributed by atoms with Gasteiger partial charge in [-0.15, -0.1) is 0 Å². The molecule has 2 aromatic carbocycles. The molecule has 0 fully saturated rings. The van der Waals surface area contributed by atoms with Gasteiger partial charge in [-0.1, -0.05) is 18.2 Å². The molecule has 0 atom stereocenters. The summed E-state index contributed by atoms with van der Waals surface area (Å²) >= 11 is 0. The molecular weight excluding hydrogens is 354 g/mol. The Bertz CT molecular complexity index is 946. The molecule has 0 spiro atoms. The number of aromatic nitrogens is 2. The molecule has 27 heavy (non-hydrogen) atoms. The second-order valence-corrected chi connectivity index (χ2v) is 5.39. The second kappa shape index (κ2) is 8.22. The molecule has 0 saturated heterocycles. The molecule has 0 saturated carbocycles. The van der Waals surface area contributed by atoms with Crippen LogP contribution in [0.15, 0.2) is 54.9 Å². The Morgan fingerprint density at radius 3 is 2.56 bits per heavy atom. The fourth-order valence-corrected chi connectivity index (χ4v) is 2.33. The first-order chi connectivity index (χ1) is 13.1. The van der Waals surface area contributed by atoms with Gasteiger partial charge in [0.2, 0.25) is 0 Å². The van der Waals surface area contributed by atoms with Crippen molar-refractivity contribution in [1.29, 1.82) is 0 Å². The lowest BCUT2D eigenvalue weighted by atomic mass is 10.2. The van der Waals surface area contributed by atoms with Gasteiger partial charge in [0.05, 0.1) is 12.3 Å². The summed E-state index contributed by atoms with van der Waals surface area (Å²) in [5, 5.41) is 5.22. The summed E-state index contributed by atoms with van der Waals surface area (Å²) in [6.07, 6.45) is 1.18. The summed E-state index contributed by atoms with van der Waals surface area (Å²) in [6.45, 7) is 2.36. The van der Waals surface area contributed by atoms with Crippen LogP contribution in [0.3, 0.4) is 0 Å². The normalized spacial score (nSPS) is 10.3. The molecule has 0 aliphatic rings. The maximum absolute atomic E-state index is 13.7. The number of benzene rings is 2. The molecule has 1 aromatic heterocycles. The number of hydrogen-bond donors (Lipinski definition) is 2. The number of ether oxygens (including phenoxy) is 1. The van der Waals surface area contributed by atoms with E-state index in [1.54, 1.807) is 12.1 Å². The Balaban J connectivity index is 1.81. The molecule has 0 aliphatic carbocycles. The number of nitrogens with zero attached hydrogens (tertiary/aromatic N) is 2. The third kappa shape index (κ3) is 4.35. The molecule has 2 N–H and O–H groups in total. The number of rotatable bonds is 6. The van der Waals surface area contributed by atoms with E-state index >= 15 is 0 Å². The van der Waals surface area contributed by atoms with E-state index in [0.717, 1.165) is 12.1 Å². The van der Waals surface area contributed by atoms with Crippen molar-refractivity contribution >= 4 is 23.1 Å². The highest BCUT2D eigenvalue weighted by molar-refractivity contribution is 6.03. The Morgan fingerprint density at radius 1 is 1.07 bits per heavy atom. The zero-order valence-electron chi connectivity index (χ0n) is 14.4. The zero-order valence-corrected chi connectivity index (χ0v) is 14.4. The van der Waals surface area contributed by atoms with Crippen LogP contribution in [0.2, 0.25) is 0 Å². The Labute approximate surface area is 154 Å². The number of halogens is 2. The number of carbonyl (C=O) groups is 1. The van der Waals surface area contributed by atoms with Crippen LogP contribution >= 0.6 is 0 Å². The Hall–Kier alpha value is -3.55. The highest BCUT2D eigenvalue weighted by Gasteiger charge is 2.15. The van der Waals surface area contributed by atoms with Gasteiger partial charge < -0.3 is 15.4 Å². The maximum atomic E-state index is 13.7. The number of para-hydroxylation sites is 3. The predicted octanol–water partition coefficient (Wildman–Crippen LogP) is 4.15. The highest BCUT2D eigenvalue weighted by Crippen LogP contribution is 2.26. The van der Waals surface area contributed by atoms with E-state index in [0.29, 0.717) is 23.9 Å². The lowest BCUT2D eigenvalue weighted by Crippen LogP contribution is -2.16. The van der Waals surface area contributed by atoms with Crippen molar-refractivity contribution in [3.05, 3.63) is 72.2 Å². The van der Waals surface area contributed by atoms with Crippen LogP contribution < -0.4 is 15.4 Å². The standard InChI is InChI=1S/C19H16F2N4O2/c1-2-27-16-9-4-3-8-14(16)24-17-10-15(22-11-23-17)19(26)25-18-12(20)6-5-7-13(18)21/h3-11H,2H2,1H3,(H,25,26)(H,22,23,24). The largest absolute Gasteiger partial charge is 0.492 e. The first-order valence-corrected chi connectivity index (χ1v) is 8.14. The van der Waals surface area contributed by atoms with E-state index in [-0.39, 0.29) is 5.69 Å². The van der Waals surface area contributed by atoms with E-state index in [4.69, 9.17) is 4.74 Å². The van der Waals surface area contributed by atoms with Gasteiger partial charge in [-0.3, -0.25) is 4.79 Å². The van der Waals surface area contributed by atoms with Crippen LogP contribution in [0.1, 0.15) is 17.4 Å². The third-order valence-corrected chi connectivity index (χ3v) is 3.55. The van der Waals surface area contributed by atoms with Crippen LogP contribution in [0.25, 0.3) is 0 Å². The summed E-state index contributed by atoms with van der Waals surface area (Å²) in [6, 6.07) is 11.9. The molecule has 1 heterocycles. The maximum Gasteiger partial charge on any atom is 0.274 e. The number of anilines is 3. The summed E-state index contributed by atoms with van der Waals surface area (Å²) in [5.41, 5.74) is 0.0749. The van der Waals surface area contributed by atoms with Gasteiger partial charge in [-0.25, -0.2) is 18.7 Å². The summed E-state index contributed by atoms with van der Waals surface area (Å²) in [7, 11) is 0. The van der Waals surface area contributed by atoms with Crippen LogP contribution in [0, 0.1) is 11.6 Å². The van der Waals surface area contributed by atoms with E-state index in [9.17, 15) is 13.6 Å². The van der Waals surface area contributed by atoms with Crippen LogP contribution in [-0.4, -0.2) is 22.5 Å². The minimum absolute atomic E-state index is 0.0518. The lowest BCUT2D eigenvalue weighted by molar-refractivity contribution is 0.102. The summed E-state index contributed by atoms with van der Waals surface area (Å²) in [5.74, 6) is -1.56. The van der Waals surface area contributed by atoms with Gasteiger partial charge in [0.15, 0.2) is 0 Å². The fourth-order valence-electron chi connectivity index (χ4n) is 2.33. The molecule has 0 radical (unpaired) electrons. The smallest absolute Gasteiger partial charge is 0.274 e. The molecule has 1 amide bonds. The van der Waals surface area contributed by atoms with Gasteiger partial charge >= 0.3 is 0 Å². The van der Waals surface area contributed by atoms with Gasteiger partial charge in [0.25, 0.3) is 5.91 Å². The average Bonchev–Trinajstić information content (AvgIpc) is 2.67. The summed E-state index contributed by atoms with van der Waals surface area (Å²) in [4.78, 5) is 20.2. The minimum Gasteiger partial charge on any atom is -0.492 e. The third-order valence-electron chi connectivity index (χ3n) is 3.55. The molecule has 0 bridgehead atoms. The molecule has 3 aromatic rings. The molecule has 0 unspecified atom stereocenters. The van der Waals surface area contributed by atoms with Crippen molar-refractivity contribution < 1.29 is 18.3 Å². The Kier molecular flexibility index (Phi) is 5.55. The van der Waals surface area contributed by atoms with E-state index in [1.165, 1.54) is 18.5 Å². The molecule has 6 nitrogen and oxygen atoms in total. The first-order valence-electron chi connectivity index (χ1n) is 8.14. The van der Waals surface area contributed by atoms with Crippen LogP contribution in [0.4, 0.5) is 26.0 Å². The van der Waals surface area contributed by atoms with Crippen molar-refractivity contribution in [2.75, 3.05) is 17.2 Å². The quantitative estimate of drug-likeness (QED) is 0.682. The fraction of sp³-hybridized carbons (Fsp3) is 0.105. The van der Waals surface area contributed by atoms with Gasteiger partial charge in [-0.05, 0) is 31.2 Å². The van der Waals surface area contributed by atoms with Gasteiger partial charge in [0, 0.05) is 6.07 Å². The van der Waals surface area contributed by atoms with E-state index in [1.807, 2.05) is 19.1 Å². The SMILES string of the molecule is CCOc1ccccc1Nc1cc(C(=O)Nc2c(F)cccc2F)ncn1. The van der Waals surface area contributed by atoms with Crippen molar-refractivity contribution in [1.82, 2.24) is 9.97 Å². The molecule has 138 valence electrons. The van der Waals surface area contributed by atoms with E-state index < -0.39 is 23.2 Å². The predicted molar refractivity (Wildman–Crippen MR) is 97.2 cm³/mol. The van der Waals surface area contributed by atoms with Gasteiger partial charge in [-0.2, -0.15) is 0 Å². The van der Waals surface area contributed by atoms with Crippen LogP contribution in [0.5, 0.6) is 5.75 Å². The lowest BCUT2D eigenvalue weighted by Gasteiger charge is -2.12. The first kappa shape index (κ1) is 18.2. The second-order valence-electron chi connectivity index (χ2n) is 5.39. The number of nitrogens with one attached hydrogen (secondary N) is 2. The van der Waals surface area contributed by atoms with Crippen LogP contribution in [-0.2, 0) is 0 Å². The molecule has 3 rings (SSSR count). The van der Waals surface area contributed by atoms with Crippen molar-refractivity contribution in [3.8, 4) is 5.75 Å². The van der Waals surface area contributed by atoms with Crippen molar-refractivity contribution in [3.63, 3.8) is 0 Å². The summed E-state index contributed by atoms with van der Waals surface area (Å²) < 4.78 is 32.9. The Morgan fingerprint density at radius 2 is 1.81 bits per heavy atom. The highest BCUT2D eigenvalue weighted by atomic mass is 19.1. The number of carbonyl (C=O) groups excluding carboxylic acids is 1. The topological polar surface area (TPSA) is 76.1 Å². The minimum atomic E-state index is -0.874. The number of amides is 1. The van der Waals surface area contributed by atoms with E-state index in [2.05, 4.69) is 20.6 Å². The van der Waals surface area contributed by atoms with Gasteiger partial charge in [0.1, 0.15) is 40.9 Å². The number of hydrogen-bond acceptors (Lipinski definition) is 5. The molecular formula is C19H16F2N4O2. The zero-order chi connectivity index (χ0) is 19.2. The monoisotopic (exact) mass is 370 g/mol. The average molecular weight is 370 g/mol. The molecule has 0 aliphatic heterocycles.